The molecular formula is C79H70BN3. The van der Waals surface area contributed by atoms with E-state index in [-0.39, 0.29) is 63.5 Å². The van der Waals surface area contributed by atoms with E-state index in [1.165, 1.54) is 5.56 Å². The van der Waals surface area contributed by atoms with Gasteiger partial charge in [0.05, 0.1) is 33.4 Å². The van der Waals surface area contributed by atoms with E-state index in [1.54, 1.807) is 4.57 Å². The molecule has 11 aromatic carbocycles. The Balaban J connectivity index is 1.21. The van der Waals surface area contributed by atoms with Crippen molar-refractivity contribution in [1.82, 2.24) is 4.57 Å². The highest BCUT2D eigenvalue weighted by molar-refractivity contribution is 7.00. The van der Waals surface area contributed by atoms with E-state index in [4.69, 9.17) is 5.48 Å². The van der Waals surface area contributed by atoms with Crippen molar-refractivity contribution in [3.05, 3.63) is 265 Å². The molecule has 4 heteroatoms. The van der Waals surface area contributed by atoms with Gasteiger partial charge in [-0.15, -0.1) is 0 Å². The number of benzene rings is 11. The number of hydrogen-bond donors (Lipinski definition) is 0. The van der Waals surface area contributed by atoms with E-state index in [2.05, 4.69) is 267 Å². The Morgan fingerprint density at radius 1 is 0.361 bits per heavy atom. The van der Waals surface area contributed by atoms with Crippen molar-refractivity contribution in [2.75, 3.05) is 9.80 Å². The van der Waals surface area contributed by atoms with Crippen LogP contribution in [-0.2, 0) is 16.2 Å². The van der Waals surface area contributed by atoms with Crippen LogP contribution < -0.4 is 26.2 Å². The molecule has 14 rings (SSSR count). The normalized spacial score (nSPS) is 14.5. The van der Waals surface area contributed by atoms with Crippen LogP contribution in [0, 0.1) is 6.92 Å². The van der Waals surface area contributed by atoms with Crippen molar-refractivity contribution in [2.45, 2.75) is 85.5 Å². The van der Waals surface area contributed by atoms with Crippen LogP contribution in [0.5, 0.6) is 0 Å². The minimum absolute atomic E-state index is 0.0277. The molecule has 2 aliphatic heterocycles. The van der Waals surface area contributed by atoms with Gasteiger partial charge in [-0.05, 0) is 145 Å². The first-order chi connectivity index (χ1) is 43.3. The Morgan fingerprint density at radius 3 is 1.16 bits per heavy atom. The minimum atomic E-state index is -0.486. The highest BCUT2D eigenvalue weighted by atomic mass is 15.2. The third kappa shape index (κ3) is 8.72. The molecule has 0 bridgehead atoms. The Hall–Kier alpha value is -9.12. The first-order valence-corrected chi connectivity index (χ1v) is 29.0. The van der Waals surface area contributed by atoms with Gasteiger partial charge in [0.15, 0.2) is 0 Å². The number of anilines is 6. The maximum Gasteiger partial charge on any atom is 0.252 e. The summed E-state index contributed by atoms with van der Waals surface area (Å²) in [5.74, 6) is 0. The lowest BCUT2D eigenvalue weighted by atomic mass is 9.33. The molecule has 3 heterocycles. The van der Waals surface area contributed by atoms with Crippen molar-refractivity contribution in [3.63, 3.8) is 0 Å². The molecular weight excluding hydrogens is 1000 g/mol. The van der Waals surface area contributed by atoms with Crippen LogP contribution in [-0.4, -0.2) is 11.3 Å². The quantitative estimate of drug-likeness (QED) is 0.147. The summed E-state index contributed by atoms with van der Waals surface area (Å²) >= 11 is 0. The van der Waals surface area contributed by atoms with Crippen molar-refractivity contribution in [1.29, 1.82) is 0 Å². The zero-order valence-electron chi connectivity index (χ0n) is 56.9. The Bertz CT molecular complexity index is 4790. The van der Waals surface area contributed by atoms with Gasteiger partial charge in [0.1, 0.15) is 0 Å². The average molecular weight is 1080 g/mol. The first-order valence-electron chi connectivity index (χ1n) is 33.0. The molecule has 83 heavy (non-hydrogen) atoms. The topological polar surface area (TPSA) is 11.4 Å². The van der Waals surface area contributed by atoms with Crippen LogP contribution in [0.1, 0.15) is 95.5 Å². The van der Waals surface area contributed by atoms with Crippen LogP contribution in [0.4, 0.5) is 34.1 Å². The summed E-state index contributed by atoms with van der Waals surface area (Å²) in [5, 5.41) is 0.0554. The molecule has 0 atom stereocenters. The molecule has 2 aliphatic rings. The summed E-state index contributed by atoms with van der Waals surface area (Å²) in [5.41, 5.74) is 21.6. The monoisotopic (exact) mass is 1080 g/mol. The van der Waals surface area contributed by atoms with Crippen molar-refractivity contribution in [3.8, 4) is 50.2 Å². The van der Waals surface area contributed by atoms with Gasteiger partial charge in [-0.25, -0.2) is 0 Å². The molecule has 0 amide bonds. The summed E-state index contributed by atoms with van der Waals surface area (Å²) in [6.07, 6.45) is 0. The zero-order chi connectivity index (χ0) is 64.1. The highest BCUT2D eigenvalue weighted by Crippen LogP contribution is 2.55. The van der Waals surface area contributed by atoms with Gasteiger partial charge < -0.3 is 14.4 Å². The fourth-order valence-electron chi connectivity index (χ4n) is 12.8. The third-order valence-corrected chi connectivity index (χ3v) is 17.1. The lowest BCUT2D eigenvalue weighted by molar-refractivity contribution is 0.590. The molecule has 1 aromatic heterocycles. The molecule has 0 unspecified atom stereocenters. The van der Waals surface area contributed by atoms with Crippen LogP contribution in [0.3, 0.4) is 0 Å². The number of rotatable bonds is 7. The van der Waals surface area contributed by atoms with Gasteiger partial charge in [-0.2, -0.15) is 0 Å². The van der Waals surface area contributed by atoms with E-state index in [1.807, 2.05) is 6.07 Å². The number of nitrogens with zero attached hydrogens (tertiary/aromatic N) is 3. The zero-order valence-corrected chi connectivity index (χ0v) is 48.9. The molecule has 0 saturated carbocycles. The summed E-state index contributed by atoms with van der Waals surface area (Å²) in [4.78, 5) is 5.02. The maximum absolute atomic E-state index is 9.68. The van der Waals surface area contributed by atoms with Gasteiger partial charge in [0, 0.05) is 61.5 Å². The van der Waals surface area contributed by atoms with Crippen LogP contribution >= 0.6 is 0 Å². The number of fused-ring (bicyclic) bond motifs is 7. The fourth-order valence-corrected chi connectivity index (χ4v) is 12.8. The summed E-state index contributed by atoms with van der Waals surface area (Å²) in [6, 6.07) is 66.9. The highest BCUT2D eigenvalue weighted by Gasteiger charge is 2.46. The minimum Gasteiger partial charge on any atom is -0.310 e. The van der Waals surface area contributed by atoms with E-state index >= 15 is 0 Å². The average Bonchev–Trinajstić information content (AvgIpc) is 1.51. The molecule has 0 N–H and O–H groups in total. The van der Waals surface area contributed by atoms with Gasteiger partial charge in [-0.1, -0.05) is 244 Å². The number of para-hydroxylation sites is 2. The molecule has 404 valence electrons. The largest absolute Gasteiger partial charge is 0.310 e. The molecule has 0 spiro atoms. The summed E-state index contributed by atoms with van der Waals surface area (Å²) < 4.78 is 76.0. The molecule has 0 saturated heterocycles. The predicted molar refractivity (Wildman–Crippen MR) is 357 cm³/mol. The second-order valence-corrected chi connectivity index (χ2v) is 25.7. The SMILES string of the molecule is [2H]c1c([2H])c([2H])c2c(c1[2H])c1c([2H])c([2H])c([2H])c([2H])c1n2-c1ccc2c(c1)N(c1c(-c3ccccc3)cc(C(C)(C)C)cc1-c1ccccc1)c1cc(C(C)(C)C)cc3c1B2c1cc(C)ccc1N3c1c(-c2ccccc2)cc(C(C)(C)C)cc1-c1ccccc1. The number of hydrogen-bond acceptors (Lipinski definition) is 2. The molecule has 0 aliphatic carbocycles. The van der Waals surface area contributed by atoms with Gasteiger partial charge >= 0.3 is 0 Å². The fraction of sp³-hybridized carbons (Fsp3) is 0.165. The molecule has 0 radical (unpaired) electrons. The molecule has 12 aromatic rings. The van der Waals surface area contributed by atoms with Crippen LogP contribution in [0.2, 0.25) is 0 Å². The second kappa shape index (κ2) is 19.5. The van der Waals surface area contributed by atoms with Crippen molar-refractivity contribution < 1.29 is 11.0 Å². The third-order valence-electron chi connectivity index (χ3n) is 17.1. The van der Waals surface area contributed by atoms with E-state index in [0.717, 1.165) is 112 Å². The van der Waals surface area contributed by atoms with Crippen LogP contribution in [0.25, 0.3) is 72.0 Å². The second-order valence-electron chi connectivity index (χ2n) is 25.7. The predicted octanol–water partition coefficient (Wildman–Crippen LogP) is 19.7. The Labute approximate surface area is 502 Å². The Kier molecular flexibility index (Phi) is 10.3. The van der Waals surface area contributed by atoms with Crippen molar-refractivity contribution in [2.24, 2.45) is 0 Å². The lowest BCUT2D eigenvalue weighted by Crippen LogP contribution is -2.61. The molecule has 3 nitrogen and oxygen atoms in total. The van der Waals surface area contributed by atoms with Gasteiger partial charge in [-0.3, -0.25) is 0 Å². The van der Waals surface area contributed by atoms with Gasteiger partial charge in [0.2, 0.25) is 0 Å². The van der Waals surface area contributed by atoms with Crippen molar-refractivity contribution >= 4 is 79.0 Å². The van der Waals surface area contributed by atoms with E-state index < -0.39 is 29.6 Å². The maximum atomic E-state index is 9.68. The first kappa shape index (κ1) is 43.6. The lowest BCUT2D eigenvalue weighted by Gasteiger charge is -2.47. The number of aromatic nitrogens is 1. The van der Waals surface area contributed by atoms with E-state index in [0.29, 0.717) is 5.69 Å². The van der Waals surface area contributed by atoms with Gasteiger partial charge in [0.25, 0.3) is 6.71 Å². The molecule has 0 fully saturated rings. The summed E-state index contributed by atoms with van der Waals surface area (Å²) in [7, 11) is 0. The standard InChI is InChI=1S/C79H70BN3/c1-51-39-42-70-67(43-51)80-66-41-40-59(81-68-37-25-23-35-60(68)61-36-24-26-38-69(61)81)50-71(66)83(76-64(54-31-19-13-20-32-54)46-57(78(5,6)7)47-65(76)55-33-21-14-22-34-55)73-49-58(79(8,9)10)48-72(74(73)80)82(70)75-62(52-27-15-11-16-28-52)44-56(77(2,3)4)45-63(75)53-29-17-12-18-30-53/h11-50H,1-10H3/i23D,24D,25D,26D,35D,36D,37D,38D. The van der Waals surface area contributed by atoms with E-state index in [9.17, 15) is 5.48 Å². The number of aryl methyl sites for hydroxylation is 1. The van der Waals surface area contributed by atoms with Crippen LogP contribution in [0.15, 0.2) is 242 Å². The Morgan fingerprint density at radius 2 is 0.747 bits per heavy atom. The summed E-state index contributed by atoms with van der Waals surface area (Å²) in [6.45, 7) is 22.2. The smallest absolute Gasteiger partial charge is 0.252 e.